The monoisotopic (exact) mass is 273 g/mol. The van der Waals surface area contributed by atoms with E-state index in [4.69, 9.17) is 5.11 Å². The number of alkyl halides is 3. The van der Waals surface area contributed by atoms with Gasteiger partial charge in [0.25, 0.3) is 5.56 Å². The fourth-order valence-electron chi connectivity index (χ4n) is 1.74. The van der Waals surface area contributed by atoms with Gasteiger partial charge in [0.15, 0.2) is 5.56 Å². The molecule has 0 fully saturated rings. The van der Waals surface area contributed by atoms with Gasteiger partial charge < -0.3 is 15.2 Å². The number of carboxylic acid groups (broad SMARTS) is 1. The Morgan fingerprint density at radius 2 is 1.89 bits per heavy atom. The smallest absolute Gasteiger partial charge is 0.418 e. The molecule has 8 heteroatoms. The number of hydrogen-bond acceptors (Lipinski definition) is 3. The number of aromatic amines is 1. The van der Waals surface area contributed by atoms with Gasteiger partial charge in [-0.05, 0) is 12.1 Å². The van der Waals surface area contributed by atoms with Crippen molar-refractivity contribution in [3.05, 3.63) is 39.7 Å². The highest BCUT2D eigenvalue weighted by atomic mass is 19.4. The van der Waals surface area contributed by atoms with Crippen LogP contribution in [0.2, 0.25) is 0 Å². The largest absolute Gasteiger partial charge is 0.506 e. The van der Waals surface area contributed by atoms with Crippen LogP contribution in [0.25, 0.3) is 10.9 Å². The van der Waals surface area contributed by atoms with Crippen molar-refractivity contribution in [3.8, 4) is 5.75 Å². The van der Waals surface area contributed by atoms with Crippen LogP contribution in [-0.2, 0) is 6.18 Å². The summed E-state index contributed by atoms with van der Waals surface area (Å²) in [5.41, 5.74) is -4.10. The molecule has 100 valence electrons. The standard InChI is InChI=1S/C11H6F3NO4/c12-11(13,14)5-3-1-2-4-7(5)15-9(17)6(8(4)16)10(18)19/h1-3H,(H,18,19)(H2,15,16,17). The van der Waals surface area contributed by atoms with Crippen molar-refractivity contribution < 1.29 is 28.2 Å². The third kappa shape index (κ3) is 2.01. The van der Waals surface area contributed by atoms with Gasteiger partial charge in [-0.3, -0.25) is 4.79 Å². The van der Waals surface area contributed by atoms with Crippen molar-refractivity contribution in [2.75, 3.05) is 0 Å². The van der Waals surface area contributed by atoms with Gasteiger partial charge in [-0.25, -0.2) is 4.79 Å². The third-order valence-electron chi connectivity index (χ3n) is 2.54. The summed E-state index contributed by atoms with van der Waals surface area (Å²) in [6.45, 7) is 0. The number of pyridine rings is 1. The lowest BCUT2D eigenvalue weighted by atomic mass is 10.1. The summed E-state index contributed by atoms with van der Waals surface area (Å²) < 4.78 is 38.2. The number of benzene rings is 1. The highest BCUT2D eigenvalue weighted by Gasteiger charge is 2.34. The Kier molecular flexibility index (Phi) is 2.73. The Morgan fingerprint density at radius 1 is 1.26 bits per heavy atom. The van der Waals surface area contributed by atoms with Crippen LogP contribution in [0.4, 0.5) is 13.2 Å². The zero-order valence-electron chi connectivity index (χ0n) is 9.08. The fraction of sp³-hybridized carbons (Fsp3) is 0.0909. The highest BCUT2D eigenvalue weighted by molar-refractivity contribution is 5.99. The number of para-hydroxylation sites is 1. The number of aromatic nitrogens is 1. The van der Waals surface area contributed by atoms with Crippen molar-refractivity contribution in [2.24, 2.45) is 0 Å². The number of rotatable bonds is 1. The molecule has 0 aliphatic heterocycles. The zero-order valence-corrected chi connectivity index (χ0v) is 9.08. The average Bonchev–Trinajstić information content (AvgIpc) is 2.26. The summed E-state index contributed by atoms with van der Waals surface area (Å²) in [5, 5.41) is 18.0. The average molecular weight is 273 g/mol. The van der Waals surface area contributed by atoms with Crippen LogP contribution in [0.5, 0.6) is 5.75 Å². The molecule has 1 aromatic carbocycles. The van der Waals surface area contributed by atoms with Crippen molar-refractivity contribution in [3.63, 3.8) is 0 Å². The molecule has 1 heterocycles. The van der Waals surface area contributed by atoms with Gasteiger partial charge in [0, 0.05) is 5.39 Å². The number of carbonyl (C=O) groups is 1. The molecule has 0 unspecified atom stereocenters. The van der Waals surface area contributed by atoms with Gasteiger partial charge in [-0.2, -0.15) is 13.2 Å². The molecule has 0 saturated carbocycles. The van der Waals surface area contributed by atoms with Crippen LogP contribution in [0.1, 0.15) is 15.9 Å². The predicted molar refractivity (Wildman–Crippen MR) is 58.2 cm³/mol. The van der Waals surface area contributed by atoms with Crippen molar-refractivity contribution in [2.45, 2.75) is 6.18 Å². The van der Waals surface area contributed by atoms with E-state index in [1.54, 1.807) is 0 Å². The van der Waals surface area contributed by atoms with Crippen LogP contribution in [0.15, 0.2) is 23.0 Å². The van der Waals surface area contributed by atoms with Crippen LogP contribution in [-0.4, -0.2) is 21.2 Å². The Balaban J connectivity index is 2.97. The van der Waals surface area contributed by atoms with Gasteiger partial charge >= 0.3 is 12.1 Å². The maximum Gasteiger partial charge on any atom is 0.418 e. The summed E-state index contributed by atoms with van der Waals surface area (Å²) in [6, 6.07) is 2.81. The van der Waals surface area contributed by atoms with Crippen molar-refractivity contribution in [1.29, 1.82) is 0 Å². The normalized spacial score (nSPS) is 11.7. The number of carboxylic acids is 1. The molecule has 0 atom stereocenters. The minimum absolute atomic E-state index is 0.383. The van der Waals surface area contributed by atoms with Crippen LogP contribution >= 0.6 is 0 Å². The Morgan fingerprint density at radius 3 is 2.42 bits per heavy atom. The molecule has 3 N–H and O–H groups in total. The summed E-state index contributed by atoms with van der Waals surface area (Å²) in [5.74, 6) is -2.71. The Bertz CT molecular complexity index is 733. The van der Waals surface area contributed by atoms with Gasteiger partial charge in [0.1, 0.15) is 5.75 Å². The number of nitrogens with one attached hydrogen (secondary N) is 1. The van der Waals surface area contributed by atoms with E-state index in [-0.39, 0.29) is 5.39 Å². The van der Waals surface area contributed by atoms with Gasteiger partial charge in [0.2, 0.25) is 0 Å². The first kappa shape index (κ1) is 12.9. The number of aromatic hydroxyl groups is 1. The van der Waals surface area contributed by atoms with Crippen LogP contribution in [0, 0.1) is 0 Å². The molecule has 0 amide bonds. The minimum atomic E-state index is -4.74. The molecule has 5 nitrogen and oxygen atoms in total. The quantitative estimate of drug-likeness (QED) is 0.740. The molecule has 0 spiro atoms. The van der Waals surface area contributed by atoms with E-state index in [1.165, 1.54) is 0 Å². The lowest BCUT2D eigenvalue weighted by Gasteiger charge is -2.11. The Hall–Kier alpha value is -2.51. The van der Waals surface area contributed by atoms with E-state index in [9.17, 15) is 27.9 Å². The molecule has 0 aliphatic rings. The molecule has 2 aromatic rings. The summed E-state index contributed by atoms with van der Waals surface area (Å²) >= 11 is 0. The maximum absolute atomic E-state index is 12.7. The van der Waals surface area contributed by atoms with E-state index < -0.39 is 40.1 Å². The van der Waals surface area contributed by atoms with E-state index in [1.807, 2.05) is 4.98 Å². The molecular formula is C11H6F3NO4. The number of H-pyrrole nitrogens is 1. The van der Waals surface area contributed by atoms with Crippen molar-refractivity contribution in [1.82, 2.24) is 4.98 Å². The number of aromatic carboxylic acids is 1. The zero-order chi connectivity index (χ0) is 14.4. The highest BCUT2D eigenvalue weighted by Crippen LogP contribution is 2.36. The molecule has 0 radical (unpaired) electrons. The van der Waals surface area contributed by atoms with E-state index in [0.29, 0.717) is 0 Å². The molecule has 0 saturated heterocycles. The van der Waals surface area contributed by atoms with E-state index in [0.717, 1.165) is 18.2 Å². The second-order valence-corrected chi connectivity index (χ2v) is 3.71. The van der Waals surface area contributed by atoms with Crippen LogP contribution in [0.3, 0.4) is 0 Å². The molecule has 1 aromatic heterocycles. The lowest BCUT2D eigenvalue weighted by Crippen LogP contribution is -2.19. The van der Waals surface area contributed by atoms with Gasteiger partial charge in [-0.1, -0.05) is 6.07 Å². The maximum atomic E-state index is 12.7. The third-order valence-corrected chi connectivity index (χ3v) is 2.54. The number of hydrogen-bond donors (Lipinski definition) is 3. The summed E-state index contributed by atoms with van der Waals surface area (Å²) in [6.07, 6.45) is -4.74. The molecule has 19 heavy (non-hydrogen) atoms. The van der Waals surface area contributed by atoms with Crippen molar-refractivity contribution >= 4 is 16.9 Å². The minimum Gasteiger partial charge on any atom is -0.506 e. The van der Waals surface area contributed by atoms with Gasteiger partial charge in [0.05, 0.1) is 11.1 Å². The molecule has 0 aliphatic carbocycles. The Labute approximate surface area is 102 Å². The number of halogens is 3. The molecular weight excluding hydrogens is 267 g/mol. The van der Waals surface area contributed by atoms with E-state index in [2.05, 4.69) is 0 Å². The topological polar surface area (TPSA) is 90.4 Å². The second-order valence-electron chi connectivity index (χ2n) is 3.71. The first-order valence-electron chi connectivity index (χ1n) is 4.92. The first-order valence-corrected chi connectivity index (χ1v) is 4.92. The predicted octanol–water partition coefficient (Wildman–Crippen LogP) is 1.95. The molecule has 0 bridgehead atoms. The molecule has 2 rings (SSSR count). The first-order chi connectivity index (χ1) is 8.73. The lowest BCUT2D eigenvalue weighted by molar-refractivity contribution is -0.136. The van der Waals surface area contributed by atoms with Crippen LogP contribution < -0.4 is 5.56 Å². The fourth-order valence-corrected chi connectivity index (χ4v) is 1.74. The van der Waals surface area contributed by atoms with Gasteiger partial charge in [-0.15, -0.1) is 0 Å². The SMILES string of the molecule is O=C(O)c1c(O)c2cccc(C(F)(F)F)c2[nH]c1=O. The second kappa shape index (κ2) is 4.01. The summed E-state index contributed by atoms with van der Waals surface area (Å²) in [7, 11) is 0. The summed E-state index contributed by atoms with van der Waals surface area (Å²) in [4.78, 5) is 24.0. The number of fused-ring (bicyclic) bond motifs is 1. The van der Waals surface area contributed by atoms with E-state index >= 15 is 0 Å².